The van der Waals surface area contributed by atoms with Crippen LogP contribution in [0.5, 0.6) is 0 Å². The second-order valence-electron chi connectivity index (χ2n) is 20.4. The maximum atomic E-state index is 12.5. The van der Waals surface area contributed by atoms with Crippen LogP contribution in [0.1, 0.15) is 309 Å². The summed E-state index contributed by atoms with van der Waals surface area (Å²) in [7, 11) is 0. The zero-order valence-corrected chi connectivity index (χ0v) is 45.6. The Kier molecular flexibility index (Phi) is 57.3. The molecule has 68 heavy (non-hydrogen) atoms. The van der Waals surface area contributed by atoms with Gasteiger partial charge in [0, 0.05) is 6.42 Å². The second kappa shape index (κ2) is 59.1. The Balaban J connectivity index is 3.45. The van der Waals surface area contributed by atoms with Crippen molar-refractivity contribution in [1.82, 2.24) is 5.32 Å². The van der Waals surface area contributed by atoms with E-state index < -0.39 is 12.1 Å². The van der Waals surface area contributed by atoms with Gasteiger partial charge in [0.2, 0.25) is 5.91 Å². The van der Waals surface area contributed by atoms with Crippen LogP contribution >= 0.6 is 0 Å². The lowest BCUT2D eigenvalue weighted by atomic mass is 10.0. The molecule has 3 N–H and O–H groups in total. The van der Waals surface area contributed by atoms with Gasteiger partial charge >= 0.3 is 0 Å². The van der Waals surface area contributed by atoms with Crippen molar-refractivity contribution in [3.8, 4) is 0 Å². The molecule has 0 aromatic carbocycles. The van der Waals surface area contributed by atoms with Gasteiger partial charge in [0.15, 0.2) is 0 Å². The molecule has 2 unspecified atom stereocenters. The van der Waals surface area contributed by atoms with Crippen molar-refractivity contribution in [3.63, 3.8) is 0 Å². The largest absolute Gasteiger partial charge is 0.394 e. The molecule has 0 fully saturated rings. The van der Waals surface area contributed by atoms with Crippen LogP contribution in [0.3, 0.4) is 0 Å². The normalized spacial score (nSPS) is 13.3. The van der Waals surface area contributed by atoms with Crippen LogP contribution in [0.15, 0.2) is 72.9 Å². The molecule has 396 valence electrons. The summed E-state index contributed by atoms with van der Waals surface area (Å²) in [6, 6.07) is -0.623. The second-order valence-corrected chi connectivity index (χ2v) is 20.4. The number of aliphatic hydroxyl groups excluding tert-OH is 2. The van der Waals surface area contributed by atoms with E-state index in [1.807, 2.05) is 6.08 Å². The molecule has 0 heterocycles. The van der Waals surface area contributed by atoms with Crippen LogP contribution in [0.4, 0.5) is 0 Å². The number of hydrogen-bond donors (Lipinski definition) is 3. The van der Waals surface area contributed by atoms with Crippen LogP contribution in [-0.2, 0) is 4.79 Å². The molecule has 0 aliphatic heterocycles. The van der Waals surface area contributed by atoms with Crippen molar-refractivity contribution < 1.29 is 15.0 Å². The van der Waals surface area contributed by atoms with E-state index in [4.69, 9.17) is 0 Å². The smallest absolute Gasteiger partial charge is 0.220 e. The molecular weight excluding hydrogens is 831 g/mol. The van der Waals surface area contributed by atoms with E-state index in [-0.39, 0.29) is 12.5 Å². The van der Waals surface area contributed by atoms with E-state index in [9.17, 15) is 15.0 Å². The number of amides is 1. The topological polar surface area (TPSA) is 69.6 Å². The number of aliphatic hydroxyl groups is 2. The van der Waals surface area contributed by atoms with E-state index in [2.05, 4.69) is 79.9 Å². The number of carbonyl (C=O) groups excluding carboxylic acids is 1. The Hall–Kier alpha value is -2.17. The molecule has 0 radical (unpaired) electrons. The molecular formula is C64H117NO3. The zero-order valence-electron chi connectivity index (χ0n) is 45.6. The fourth-order valence-corrected chi connectivity index (χ4v) is 9.15. The molecule has 1 amide bonds. The van der Waals surface area contributed by atoms with E-state index >= 15 is 0 Å². The number of hydrogen-bond acceptors (Lipinski definition) is 3. The maximum absolute atomic E-state index is 12.5. The number of nitrogens with one attached hydrogen (secondary N) is 1. The molecule has 2 atom stereocenters. The Morgan fingerprint density at radius 2 is 0.647 bits per heavy atom. The number of rotatable bonds is 55. The standard InChI is InChI=1S/C64H117NO3/c1-3-5-7-9-11-13-15-17-19-21-23-24-25-26-27-28-29-30-31-32-33-34-35-36-37-38-39-40-42-44-46-48-50-52-54-56-58-60-64(68)65-62(61-66)63(67)59-57-55-53-51-49-47-45-43-41-22-20-18-16-14-12-10-8-6-4-2/h5,7,11,13,17,19,23-24,26-27,57,59,62-63,66-67H,3-4,6,8-10,12,14-16,18,20-22,25,28-56,58,60-61H2,1-2H3,(H,65,68)/b7-5-,13-11-,19-17-,24-23-,27-26-,59-57+. The fraction of sp³-hybridized carbons (Fsp3) is 0.797. The summed E-state index contributed by atoms with van der Waals surface area (Å²) in [6.45, 7) is 4.22. The summed E-state index contributed by atoms with van der Waals surface area (Å²) in [6.07, 6.45) is 85.1. The number of unbranched alkanes of at least 4 members (excludes halogenated alkanes) is 38. The number of allylic oxidation sites excluding steroid dienone is 11. The minimum absolute atomic E-state index is 0.0600. The highest BCUT2D eigenvalue weighted by Gasteiger charge is 2.18. The first-order valence-corrected chi connectivity index (χ1v) is 30.2. The highest BCUT2D eigenvalue weighted by atomic mass is 16.3. The molecule has 0 saturated carbocycles. The average Bonchev–Trinajstić information content (AvgIpc) is 3.34. The van der Waals surface area contributed by atoms with Gasteiger partial charge in [-0.15, -0.1) is 0 Å². The summed E-state index contributed by atoms with van der Waals surface area (Å²) >= 11 is 0. The molecule has 0 saturated heterocycles. The van der Waals surface area contributed by atoms with Gasteiger partial charge in [0.1, 0.15) is 0 Å². The van der Waals surface area contributed by atoms with Crippen molar-refractivity contribution in [2.45, 2.75) is 321 Å². The van der Waals surface area contributed by atoms with Gasteiger partial charge in [0.25, 0.3) is 0 Å². The summed E-state index contributed by atoms with van der Waals surface area (Å²) < 4.78 is 0. The minimum Gasteiger partial charge on any atom is -0.394 e. The number of carbonyl (C=O) groups is 1. The van der Waals surface area contributed by atoms with Crippen molar-refractivity contribution in [2.75, 3.05) is 6.61 Å². The van der Waals surface area contributed by atoms with Crippen LogP contribution in [0.25, 0.3) is 0 Å². The first-order valence-electron chi connectivity index (χ1n) is 30.2. The van der Waals surface area contributed by atoms with Crippen LogP contribution in [-0.4, -0.2) is 34.9 Å². The van der Waals surface area contributed by atoms with Gasteiger partial charge in [-0.3, -0.25) is 4.79 Å². The van der Waals surface area contributed by atoms with Crippen molar-refractivity contribution in [2.24, 2.45) is 0 Å². The van der Waals surface area contributed by atoms with Crippen LogP contribution in [0.2, 0.25) is 0 Å². The van der Waals surface area contributed by atoms with Crippen LogP contribution in [0, 0.1) is 0 Å². The maximum Gasteiger partial charge on any atom is 0.220 e. The van der Waals surface area contributed by atoms with Crippen molar-refractivity contribution in [3.05, 3.63) is 72.9 Å². The third-order valence-electron chi connectivity index (χ3n) is 13.7. The molecule has 0 spiro atoms. The van der Waals surface area contributed by atoms with Gasteiger partial charge in [0.05, 0.1) is 18.8 Å². The molecule has 0 aromatic heterocycles. The third kappa shape index (κ3) is 54.8. The molecule has 0 aromatic rings. The predicted molar refractivity (Wildman–Crippen MR) is 304 cm³/mol. The van der Waals surface area contributed by atoms with E-state index in [0.717, 1.165) is 57.8 Å². The van der Waals surface area contributed by atoms with Gasteiger partial charge in [-0.1, -0.05) is 311 Å². The SMILES string of the molecule is CC/C=C\C/C=C\C/C=C\C/C=C\C/C=C\CCCCCCCCCCCCCCCCCCCCCCCC(=O)NC(CO)C(O)/C=C/CCCCCCCCCCCCCCCCCCC. The summed E-state index contributed by atoms with van der Waals surface area (Å²) in [5.41, 5.74) is 0. The summed E-state index contributed by atoms with van der Waals surface area (Å²) in [5, 5.41) is 23.2. The molecule has 0 bridgehead atoms. The lowest BCUT2D eigenvalue weighted by Gasteiger charge is -2.20. The van der Waals surface area contributed by atoms with E-state index in [1.54, 1.807) is 6.08 Å². The summed E-state index contributed by atoms with van der Waals surface area (Å²) in [5.74, 6) is -0.0600. The van der Waals surface area contributed by atoms with E-state index in [0.29, 0.717) is 6.42 Å². The van der Waals surface area contributed by atoms with Gasteiger partial charge in [-0.05, 0) is 64.2 Å². The highest BCUT2D eigenvalue weighted by molar-refractivity contribution is 5.76. The van der Waals surface area contributed by atoms with E-state index in [1.165, 1.54) is 231 Å². The first kappa shape index (κ1) is 65.8. The highest BCUT2D eigenvalue weighted by Crippen LogP contribution is 2.17. The van der Waals surface area contributed by atoms with Gasteiger partial charge in [-0.25, -0.2) is 0 Å². The Bertz CT molecular complexity index is 1170. The average molecular weight is 949 g/mol. The zero-order chi connectivity index (χ0) is 49.2. The monoisotopic (exact) mass is 948 g/mol. The van der Waals surface area contributed by atoms with Crippen LogP contribution < -0.4 is 5.32 Å². The third-order valence-corrected chi connectivity index (χ3v) is 13.7. The fourth-order valence-electron chi connectivity index (χ4n) is 9.15. The minimum atomic E-state index is -0.840. The van der Waals surface area contributed by atoms with Gasteiger partial charge in [-0.2, -0.15) is 0 Å². The Morgan fingerprint density at radius 1 is 0.368 bits per heavy atom. The van der Waals surface area contributed by atoms with Gasteiger partial charge < -0.3 is 15.5 Å². The predicted octanol–water partition coefficient (Wildman–Crippen LogP) is 20.1. The molecule has 4 nitrogen and oxygen atoms in total. The lowest BCUT2D eigenvalue weighted by molar-refractivity contribution is -0.123. The van der Waals surface area contributed by atoms with Crippen molar-refractivity contribution in [1.29, 1.82) is 0 Å². The Morgan fingerprint density at radius 3 is 0.971 bits per heavy atom. The lowest BCUT2D eigenvalue weighted by Crippen LogP contribution is -2.45. The Labute approximate surface area is 425 Å². The first-order chi connectivity index (χ1) is 33.7. The summed E-state index contributed by atoms with van der Waals surface area (Å²) in [4.78, 5) is 12.5. The van der Waals surface area contributed by atoms with Crippen molar-refractivity contribution >= 4 is 5.91 Å². The molecule has 0 rings (SSSR count). The molecule has 0 aliphatic rings. The molecule has 0 aliphatic carbocycles. The molecule has 4 heteroatoms. The quantitative estimate of drug-likeness (QED) is 0.0420.